The number of carbonyl (C=O) groups excluding carboxylic acids is 3. The van der Waals surface area contributed by atoms with E-state index < -0.39 is 67.3 Å². The fourth-order valence-corrected chi connectivity index (χ4v) is 9.18. The van der Waals surface area contributed by atoms with Crippen molar-refractivity contribution in [1.82, 2.24) is 0 Å². The molecule has 3 N–H and O–H groups in total. The van der Waals surface area contributed by atoms with Gasteiger partial charge in [0.25, 0.3) is 0 Å². The molecule has 12 nitrogen and oxygen atoms in total. The molecule has 0 amide bonds. The summed E-state index contributed by atoms with van der Waals surface area (Å²) in [6.45, 7) is 5.72. The Morgan fingerprint density at radius 3 is 1.14 bits per heavy atom. The summed E-state index contributed by atoms with van der Waals surface area (Å²) in [4.78, 5) is 51.4. The van der Waals surface area contributed by atoms with Crippen LogP contribution < -0.4 is 0 Å². The Bertz CT molecular complexity index is 1990. The second-order valence-corrected chi connectivity index (χ2v) is 22.0. The van der Waals surface area contributed by atoms with Gasteiger partial charge in [-0.05, 0) is 135 Å². The minimum Gasteiger partial charge on any atom is -0.479 e. The number of aliphatic carboxylic acids is 1. The summed E-state index contributed by atoms with van der Waals surface area (Å²) in [7, 11) is 0. The predicted octanol–water partition coefficient (Wildman–Crippen LogP) is 18.1. The molecule has 6 unspecified atom stereocenters. The van der Waals surface area contributed by atoms with Crippen LogP contribution in [-0.4, -0.2) is 89.2 Å². The van der Waals surface area contributed by atoms with Crippen LogP contribution in [-0.2, 0) is 42.9 Å². The molecule has 85 heavy (non-hydrogen) atoms. The van der Waals surface area contributed by atoms with Crippen molar-refractivity contribution in [1.29, 1.82) is 0 Å². The monoisotopic (exact) mass is 1180 g/mol. The normalized spacial score (nSPS) is 18.3. The molecule has 0 aromatic rings. The first-order valence-corrected chi connectivity index (χ1v) is 33.2. The zero-order valence-corrected chi connectivity index (χ0v) is 53.1. The number of carbonyl (C=O) groups is 4. The Labute approximate surface area is 515 Å². The van der Waals surface area contributed by atoms with E-state index in [-0.39, 0.29) is 25.9 Å². The van der Waals surface area contributed by atoms with Crippen molar-refractivity contribution in [3.05, 3.63) is 134 Å². The van der Waals surface area contributed by atoms with Crippen LogP contribution in [0.3, 0.4) is 0 Å². The molecular formula is C73H116O12. The van der Waals surface area contributed by atoms with Gasteiger partial charge in [-0.1, -0.05) is 231 Å². The van der Waals surface area contributed by atoms with Crippen molar-refractivity contribution in [2.45, 2.75) is 289 Å². The zero-order chi connectivity index (χ0) is 61.7. The number of hydrogen-bond donors (Lipinski definition) is 3. The van der Waals surface area contributed by atoms with E-state index in [2.05, 4.69) is 154 Å². The molecule has 6 atom stereocenters. The molecule has 0 radical (unpaired) electrons. The lowest BCUT2D eigenvalue weighted by Crippen LogP contribution is -2.61. The van der Waals surface area contributed by atoms with Crippen molar-refractivity contribution < 1.29 is 58.2 Å². The minimum absolute atomic E-state index is 0.0328. The van der Waals surface area contributed by atoms with Crippen LogP contribution in [0.15, 0.2) is 134 Å². The average molecular weight is 1190 g/mol. The first-order valence-electron chi connectivity index (χ1n) is 33.2. The number of ether oxygens (including phenoxy) is 5. The molecular weight excluding hydrogens is 1070 g/mol. The molecule has 0 aromatic carbocycles. The lowest BCUT2D eigenvalue weighted by Gasteiger charge is -2.40. The second kappa shape index (κ2) is 59.2. The van der Waals surface area contributed by atoms with Crippen molar-refractivity contribution >= 4 is 23.9 Å². The van der Waals surface area contributed by atoms with E-state index in [0.29, 0.717) is 19.3 Å². The van der Waals surface area contributed by atoms with Gasteiger partial charge in [-0.25, -0.2) is 4.79 Å². The molecule has 0 bridgehead atoms. The first kappa shape index (κ1) is 77.9. The summed E-state index contributed by atoms with van der Waals surface area (Å²) in [5.41, 5.74) is 0. The van der Waals surface area contributed by atoms with Crippen LogP contribution in [0.25, 0.3) is 0 Å². The van der Waals surface area contributed by atoms with Gasteiger partial charge in [-0.3, -0.25) is 14.4 Å². The highest BCUT2D eigenvalue weighted by molar-refractivity contribution is 5.74. The van der Waals surface area contributed by atoms with E-state index >= 15 is 0 Å². The largest absolute Gasteiger partial charge is 0.479 e. The number of carboxylic acid groups (broad SMARTS) is 1. The van der Waals surface area contributed by atoms with Crippen LogP contribution in [0, 0.1) is 0 Å². The van der Waals surface area contributed by atoms with Gasteiger partial charge in [0, 0.05) is 19.3 Å². The van der Waals surface area contributed by atoms with Gasteiger partial charge >= 0.3 is 23.9 Å². The Kier molecular flexibility index (Phi) is 54.2. The first-order chi connectivity index (χ1) is 41.6. The van der Waals surface area contributed by atoms with Crippen molar-refractivity contribution in [2.75, 3.05) is 13.2 Å². The molecule has 1 aliphatic heterocycles. The van der Waals surface area contributed by atoms with E-state index in [9.17, 15) is 34.5 Å². The molecule has 480 valence electrons. The highest BCUT2D eigenvalue weighted by Gasteiger charge is 2.50. The summed E-state index contributed by atoms with van der Waals surface area (Å²) in [6, 6.07) is 0. The number of esters is 3. The summed E-state index contributed by atoms with van der Waals surface area (Å²) in [5, 5.41) is 31.6. The van der Waals surface area contributed by atoms with E-state index in [0.717, 1.165) is 173 Å². The van der Waals surface area contributed by atoms with Gasteiger partial charge in [0.15, 0.2) is 24.6 Å². The summed E-state index contributed by atoms with van der Waals surface area (Å²) in [5.74, 6) is -3.20. The number of aliphatic hydroxyl groups excluding tert-OH is 2. The molecule has 0 spiro atoms. The topological polar surface area (TPSA) is 175 Å². The molecule has 12 heteroatoms. The Morgan fingerprint density at radius 1 is 0.400 bits per heavy atom. The SMILES string of the molecule is CC/C=C\C/C=C\C/C=C\C/C=C\C/C=C\CCCCCC(=O)OCC(COC1OC(C(=O)O)C(O)C(O)C1OC(=O)CCCCCCCC/C=C\C/C=C\C/C=C\C/C=C\CC)OC(=O)CCCCCCCCC/C=C\C/C=C\CCCCC. The number of carboxylic acids is 1. The molecule has 0 aromatic heterocycles. The van der Waals surface area contributed by atoms with Gasteiger partial charge in [0.05, 0.1) is 6.61 Å². The van der Waals surface area contributed by atoms with E-state index in [1.807, 2.05) is 0 Å². The number of rotatable bonds is 55. The van der Waals surface area contributed by atoms with Crippen molar-refractivity contribution in [3.8, 4) is 0 Å². The standard InChI is InChI=1S/C73H116O12/c1-4-7-10-13-16-19-22-25-28-31-33-36-38-41-44-47-50-53-56-59-65(74)81-62-64(83-66(75)60-57-54-51-48-45-42-39-35-30-27-24-21-18-15-12-9-6-3)63-82-73-71(69(78)68(77)70(85-73)72(79)80)84-67(76)61-58-55-52-49-46-43-40-37-34-32-29-26-23-20-17-14-11-8-5-2/h7-8,10-11,16-21,25-30,33-34,36-37,41,44,64,68-71,73,77-78H,4-6,9,12-15,22-24,31-32,35,38-40,42-43,45-63H2,1-3H3,(H,79,80)/b10-7-,11-8-,19-16-,20-17-,21-18-,28-25-,29-26-,30-27-,36-33-,37-34-,44-41-. The van der Waals surface area contributed by atoms with Crippen LogP contribution in [0.4, 0.5) is 0 Å². The van der Waals surface area contributed by atoms with E-state index in [1.165, 1.54) is 19.3 Å². The van der Waals surface area contributed by atoms with E-state index in [4.69, 9.17) is 23.7 Å². The van der Waals surface area contributed by atoms with Gasteiger partial charge in [-0.2, -0.15) is 0 Å². The summed E-state index contributed by atoms with van der Waals surface area (Å²) >= 11 is 0. The third-order valence-electron chi connectivity index (χ3n) is 14.2. The number of aliphatic hydroxyl groups is 2. The van der Waals surface area contributed by atoms with Crippen LogP contribution in [0.2, 0.25) is 0 Å². The Hall–Kier alpha value is -5.14. The third-order valence-corrected chi connectivity index (χ3v) is 14.2. The number of allylic oxidation sites excluding steroid dienone is 22. The highest BCUT2D eigenvalue weighted by atomic mass is 16.7. The molecule has 1 fully saturated rings. The predicted molar refractivity (Wildman–Crippen MR) is 349 cm³/mol. The quantitative estimate of drug-likeness (QED) is 0.0228. The van der Waals surface area contributed by atoms with Crippen LogP contribution in [0.5, 0.6) is 0 Å². The maximum atomic E-state index is 13.2. The summed E-state index contributed by atoms with van der Waals surface area (Å²) in [6.07, 6.45) is 71.1. The maximum absolute atomic E-state index is 13.2. The summed E-state index contributed by atoms with van der Waals surface area (Å²) < 4.78 is 28.5. The van der Waals surface area contributed by atoms with E-state index in [1.54, 1.807) is 0 Å². The number of hydrogen-bond acceptors (Lipinski definition) is 11. The van der Waals surface area contributed by atoms with Crippen molar-refractivity contribution in [2.24, 2.45) is 0 Å². The molecule has 1 heterocycles. The molecule has 1 saturated heterocycles. The fraction of sp³-hybridized carbons (Fsp3) is 0.644. The van der Waals surface area contributed by atoms with Crippen LogP contribution >= 0.6 is 0 Å². The molecule has 0 saturated carbocycles. The smallest absolute Gasteiger partial charge is 0.335 e. The number of unbranched alkanes of at least 4 members (excludes halogenated alkanes) is 19. The van der Waals surface area contributed by atoms with Gasteiger partial charge < -0.3 is 39.0 Å². The van der Waals surface area contributed by atoms with Crippen LogP contribution in [0.1, 0.15) is 252 Å². The molecule has 1 aliphatic rings. The Morgan fingerprint density at radius 2 is 0.741 bits per heavy atom. The minimum atomic E-state index is -1.92. The molecule has 1 rings (SSSR count). The second-order valence-electron chi connectivity index (χ2n) is 22.0. The highest BCUT2D eigenvalue weighted by Crippen LogP contribution is 2.26. The van der Waals surface area contributed by atoms with Gasteiger partial charge in [0.1, 0.15) is 18.8 Å². The fourth-order valence-electron chi connectivity index (χ4n) is 9.18. The average Bonchev–Trinajstić information content (AvgIpc) is 3.51. The van der Waals surface area contributed by atoms with Gasteiger partial charge in [-0.15, -0.1) is 0 Å². The lowest BCUT2D eigenvalue weighted by molar-refractivity contribution is -0.301. The zero-order valence-electron chi connectivity index (χ0n) is 53.1. The maximum Gasteiger partial charge on any atom is 0.335 e. The Balaban J connectivity index is 2.70. The van der Waals surface area contributed by atoms with Gasteiger partial charge in [0.2, 0.25) is 0 Å². The third kappa shape index (κ3) is 48.6. The molecule has 0 aliphatic carbocycles. The lowest BCUT2D eigenvalue weighted by atomic mass is 9.98. The van der Waals surface area contributed by atoms with Crippen molar-refractivity contribution in [3.63, 3.8) is 0 Å².